The highest BCUT2D eigenvalue weighted by atomic mass is 16.1. The van der Waals surface area contributed by atoms with Crippen LogP contribution in [0.4, 0.5) is 5.82 Å². The van der Waals surface area contributed by atoms with Crippen LogP contribution in [0.15, 0.2) is 12.1 Å². The number of carbonyl (C=O) groups is 1. The van der Waals surface area contributed by atoms with Gasteiger partial charge in [0.25, 0.3) is 5.91 Å². The quantitative estimate of drug-likeness (QED) is 0.630. The highest BCUT2D eigenvalue weighted by molar-refractivity contribution is 5.96. The van der Waals surface area contributed by atoms with E-state index in [-0.39, 0.29) is 5.91 Å². The van der Waals surface area contributed by atoms with Gasteiger partial charge in [-0.2, -0.15) is 10.2 Å². The summed E-state index contributed by atoms with van der Waals surface area (Å²) in [6, 6.07) is 3.85. The van der Waals surface area contributed by atoms with Crippen LogP contribution in [0, 0.1) is 34.6 Å². The fraction of sp³-hybridized carbons (Fsp3) is 0.421. The largest absolute Gasteiger partial charge is 0.368 e. The van der Waals surface area contributed by atoms with E-state index in [9.17, 15) is 4.79 Å². The van der Waals surface area contributed by atoms with E-state index >= 15 is 0 Å². The molecule has 0 unspecified atom stereocenters. The molecule has 0 saturated heterocycles. The molecule has 3 aromatic heterocycles. The topological polar surface area (TPSA) is 103 Å². The molecule has 3 heterocycles. The summed E-state index contributed by atoms with van der Waals surface area (Å²) in [5, 5.41) is 14.9. The van der Waals surface area contributed by atoms with Gasteiger partial charge in [0.05, 0.1) is 17.0 Å². The Labute approximate surface area is 164 Å². The molecule has 0 fully saturated rings. The highest BCUT2D eigenvalue weighted by Gasteiger charge is 2.16. The molecule has 2 N–H and O–H groups in total. The van der Waals surface area contributed by atoms with E-state index in [1.807, 2.05) is 53.8 Å². The van der Waals surface area contributed by atoms with Gasteiger partial charge >= 0.3 is 0 Å². The fourth-order valence-corrected chi connectivity index (χ4v) is 3.17. The average molecular weight is 382 g/mol. The molecule has 0 aliphatic heterocycles. The Morgan fingerprint density at radius 2 is 1.79 bits per heavy atom. The number of carbonyl (C=O) groups excluding carboxylic acids is 1. The summed E-state index contributed by atoms with van der Waals surface area (Å²) in [5.74, 6) is 1.94. The molecule has 9 heteroatoms. The minimum absolute atomic E-state index is 0.118. The minimum Gasteiger partial charge on any atom is -0.368 e. The second-order valence-electron chi connectivity index (χ2n) is 6.85. The molecule has 9 nitrogen and oxygen atoms in total. The third kappa shape index (κ3) is 4.03. The first-order valence-electron chi connectivity index (χ1n) is 9.18. The molecule has 0 atom stereocenters. The van der Waals surface area contributed by atoms with Crippen molar-refractivity contribution >= 4 is 11.7 Å². The molecule has 0 aliphatic carbocycles. The van der Waals surface area contributed by atoms with E-state index in [1.54, 1.807) is 9.36 Å². The second kappa shape index (κ2) is 7.79. The molecule has 148 valence electrons. The van der Waals surface area contributed by atoms with Gasteiger partial charge in [-0.25, -0.2) is 14.6 Å². The fourth-order valence-electron chi connectivity index (χ4n) is 3.17. The first kappa shape index (κ1) is 19.5. The summed E-state index contributed by atoms with van der Waals surface area (Å²) < 4.78 is 3.51. The average Bonchev–Trinajstić information content (AvgIpc) is 3.08. The first-order valence-corrected chi connectivity index (χ1v) is 9.18. The van der Waals surface area contributed by atoms with Crippen LogP contribution in [-0.2, 0) is 7.05 Å². The van der Waals surface area contributed by atoms with Crippen LogP contribution in [0.25, 0.3) is 5.82 Å². The monoisotopic (exact) mass is 382 g/mol. The predicted molar refractivity (Wildman–Crippen MR) is 107 cm³/mol. The van der Waals surface area contributed by atoms with Crippen molar-refractivity contribution in [1.29, 1.82) is 0 Å². The molecule has 28 heavy (non-hydrogen) atoms. The molecule has 0 spiro atoms. The van der Waals surface area contributed by atoms with E-state index in [4.69, 9.17) is 0 Å². The lowest BCUT2D eigenvalue weighted by molar-refractivity contribution is 0.0954. The molecule has 0 bridgehead atoms. The van der Waals surface area contributed by atoms with Crippen molar-refractivity contribution in [3.8, 4) is 5.82 Å². The van der Waals surface area contributed by atoms with Crippen LogP contribution in [0.3, 0.4) is 0 Å². The molecule has 3 rings (SSSR count). The normalized spacial score (nSPS) is 10.9. The Morgan fingerprint density at radius 3 is 2.39 bits per heavy atom. The van der Waals surface area contributed by atoms with Gasteiger partial charge in [0.2, 0.25) is 0 Å². The van der Waals surface area contributed by atoms with Gasteiger partial charge in [0.1, 0.15) is 11.6 Å². The lowest BCUT2D eigenvalue weighted by Gasteiger charge is -2.10. The van der Waals surface area contributed by atoms with Crippen molar-refractivity contribution in [3.63, 3.8) is 0 Å². The molecule has 0 aliphatic rings. The van der Waals surface area contributed by atoms with E-state index in [0.29, 0.717) is 36.1 Å². The van der Waals surface area contributed by atoms with Crippen molar-refractivity contribution in [3.05, 3.63) is 46.3 Å². The van der Waals surface area contributed by atoms with E-state index in [0.717, 1.165) is 22.8 Å². The van der Waals surface area contributed by atoms with Gasteiger partial charge in [0, 0.05) is 37.6 Å². The number of hydrogen-bond acceptors (Lipinski definition) is 6. The van der Waals surface area contributed by atoms with Crippen LogP contribution in [0.1, 0.15) is 39.0 Å². The van der Waals surface area contributed by atoms with E-state index in [1.165, 1.54) is 0 Å². The molecular formula is C19H26N8O. The maximum Gasteiger partial charge on any atom is 0.255 e. The Bertz CT molecular complexity index is 1020. The van der Waals surface area contributed by atoms with Crippen LogP contribution >= 0.6 is 0 Å². The number of hydrogen-bond donors (Lipinski definition) is 2. The number of nitrogens with zero attached hydrogens (tertiary/aromatic N) is 6. The van der Waals surface area contributed by atoms with Crippen molar-refractivity contribution in [2.75, 3.05) is 18.4 Å². The van der Waals surface area contributed by atoms with Gasteiger partial charge in [-0.15, -0.1) is 0 Å². The summed E-state index contributed by atoms with van der Waals surface area (Å²) in [5.41, 5.74) is 4.16. The third-order valence-electron chi connectivity index (χ3n) is 4.50. The zero-order chi connectivity index (χ0) is 20.4. The Hall–Kier alpha value is -3.23. The molecule has 1 amide bonds. The van der Waals surface area contributed by atoms with Crippen molar-refractivity contribution in [2.24, 2.45) is 7.05 Å². The lowest BCUT2D eigenvalue weighted by atomic mass is 10.2. The number of amides is 1. The van der Waals surface area contributed by atoms with Crippen molar-refractivity contribution in [2.45, 2.75) is 34.6 Å². The summed E-state index contributed by atoms with van der Waals surface area (Å²) in [4.78, 5) is 21.3. The first-order chi connectivity index (χ1) is 13.3. The number of anilines is 1. The molecule has 0 radical (unpaired) electrons. The molecule has 0 aromatic carbocycles. The third-order valence-corrected chi connectivity index (χ3v) is 4.50. The maximum atomic E-state index is 12.4. The SMILES string of the molecule is Cc1cc(C)n(-c2cc(NCCNC(=O)c3c(C)nn(C)c3C)nc(C)n2)n1. The van der Waals surface area contributed by atoms with Crippen LogP contribution in [0.5, 0.6) is 0 Å². The Kier molecular flexibility index (Phi) is 5.43. The van der Waals surface area contributed by atoms with Gasteiger partial charge in [-0.1, -0.05) is 0 Å². The zero-order valence-corrected chi connectivity index (χ0v) is 17.2. The summed E-state index contributed by atoms with van der Waals surface area (Å²) in [7, 11) is 1.83. The minimum atomic E-state index is -0.118. The Morgan fingerprint density at radius 1 is 1.04 bits per heavy atom. The van der Waals surface area contributed by atoms with Crippen molar-refractivity contribution in [1.82, 2.24) is 34.8 Å². The molecule has 0 saturated carbocycles. The van der Waals surface area contributed by atoms with E-state index < -0.39 is 0 Å². The summed E-state index contributed by atoms with van der Waals surface area (Å²) >= 11 is 0. The number of rotatable bonds is 6. The lowest BCUT2D eigenvalue weighted by Crippen LogP contribution is -2.29. The predicted octanol–water partition coefficient (Wildman–Crippen LogP) is 1.78. The standard InChI is InChI=1S/C19H26N8O/c1-11-9-12(2)27(24-11)17-10-16(22-15(5)23-17)20-7-8-21-19(28)18-13(3)25-26(6)14(18)4/h9-10H,7-8H2,1-6H3,(H,21,28)(H,20,22,23). The van der Waals surface area contributed by atoms with Gasteiger partial charge in [-0.05, 0) is 40.7 Å². The van der Waals surface area contributed by atoms with Gasteiger partial charge in [0.15, 0.2) is 5.82 Å². The maximum absolute atomic E-state index is 12.4. The van der Waals surface area contributed by atoms with E-state index in [2.05, 4.69) is 30.8 Å². The van der Waals surface area contributed by atoms with Gasteiger partial charge in [-0.3, -0.25) is 9.48 Å². The number of nitrogens with one attached hydrogen (secondary N) is 2. The molecular weight excluding hydrogens is 356 g/mol. The summed E-state index contributed by atoms with van der Waals surface area (Å²) in [6.45, 7) is 10.5. The van der Waals surface area contributed by atoms with Crippen LogP contribution in [0.2, 0.25) is 0 Å². The number of aryl methyl sites for hydroxylation is 5. The van der Waals surface area contributed by atoms with Crippen LogP contribution < -0.4 is 10.6 Å². The smallest absolute Gasteiger partial charge is 0.255 e. The summed E-state index contributed by atoms with van der Waals surface area (Å²) in [6.07, 6.45) is 0. The van der Waals surface area contributed by atoms with Crippen molar-refractivity contribution < 1.29 is 4.79 Å². The zero-order valence-electron chi connectivity index (χ0n) is 17.2. The van der Waals surface area contributed by atoms with Crippen LogP contribution in [-0.4, -0.2) is 48.5 Å². The number of aromatic nitrogens is 6. The second-order valence-corrected chi connectivity index (χ2v) is 6.85. The molecule has 3 aromatic rings. The van der Waals surface area contributed by atoms with Gasteiger partial charge < -0.3 is 10.6 Å². The highest BCUT2D eigenvalue weighted by Crippen LogP contribution is 2.14. The Balaban J connectivity index is 1.62.